The van der Waals surface area contributed by atoms with E-state index in [4.69, 9.17) is 15.2 Å². The van der Waals surface area contributed by atoms with Crippen molar-refractivity contribution in [3.05, 3.63) is 54.4 Å². The van der Waals surface area contributed by atoms with E-state index < -0.39 is 0 Å². The second-order valence-corrected chi connectivity index (χ2v) is 7.73. The minimum atomic E-state index is 0.0849. The molecule has 8 heteroatoms. The molecule has 8 nitrogen and oxygen atoms in total. The van der Waals surface area contributed by atoms with Crippen molar-refractivity contribution in [3.8, 4) is 34.5 Å². The average molecular weight is 417 g/mol. The molecule has 0 saturated heterocycles. The van der Waals surface area contributed by atoms with Crippen LogP contribution >= 0.6 is 0 Å². The first-order valence-electron chi connectivity index (χ1n) is 10.3. The summed E-state index contributed by atoms with van der Waals surface area (Å²) >= 11 is 0. The van der Waals surface area contributed by atoms with Crippen molar-refractivity contribution in [2.75, 3.05) is 5.73 Å². The van der Waals surface area contributed by atoms with Gasteiger partial charge in [0.25, 0.3) is 0 Å². The topological polar surface area (TPSA) is 108 Å². The van der Waals surface area contributed by atoms with Gasteiger partial charge in [-0.25, -0.2) is 4.98 Å². The molecule has 31 heavy (non-hydrogen) atoms. The summed E-state index contributed by atoms with van der Waals surface area (Å²) in [6.45, 7) is 1.88. The lowest BCUT2D eigenvalue weighted by molar-refractivity contribution is 0.202. The second-order valence-electron chi connectivity index (χ2n) is 7.73. The van der Waals surface area contributed by atoms with Crippen molar-refractivity contribution >= 4 is 11.3 Å². The molecular formula is C23H23N5O3. The molecule has 0 bridgehead atoms. The monoisotopic (exact) mass is 417 g/mol. The van der Waals surface area contributed by atoms with E-state index >= 15 is 0 Å². The van der Waals surface area contributed by atoms with E-state index in [2.05, 4.69) is 15.1 Å². The van der Waals surface area contributed by atoms with Gasteiger partial charge >= 0.3 is 6.01 Å². The highest BCUT2D eigenvalue weighted by Gasteiger charge is 2.19. The van der Waals surface area contributed by atoms with E-state index in [1.54, 1.807) is 18.2 Å². The number of aromatic nitrogens is 4. The summed E-state index contributed by atoms with van der Waals surface area (Å²) in [5.41, 5.74) is 9.34. The average Bonchev–Trinajstić information content (AvgIpc) is 3.45. The quantitative estimate of drug-likeness (QED) is 0.460. The lowest BCUT2D eigenvalue weighted by atomic mass is 10.1. The molecule has 0 unspecified atom stereocenters. The zero-order valence-corrected chi connectivity index (χ0v) is 17.2. The molecule has 1 aliphatic carbocycles. The van der Waals surface area contributed by atoms with E-state index in [9.17, 15) is 5.11 Å². The Hall–Kier alpha value is -3.81. The molecule has 4 aromatic rings. The van der Waals surface area contributed by atoms with Crippen LogP contribution in [0.1, 0.15) is 31.2 Å². The van der Waals surface area contributed by atoms with E-state index in [-0.39, 0.29) is 17.9 Å². The smallest absolute Gasteiger partial charge is 0.325 e. The molecule has 2 heterocycles. The Morgan fingerprint density at radius 1 is 1.10 bits per heavy atom. The molecule has 0 spiro atoms. The Kier molecular flexibility index (Phi) is 4.82. The number of hydrogen-bond donors (Lipinski definition) is 2. The number of phenols is 1. The Bertz CT molecular complexity index is 1250. The van der Waals surface area contributed by atoms with E-state index in [1.807, 2.05) is 31.2 Å². The van der Waals surface area contributed by atoms with Crippen molar-refractivity contribution in [1.29, 1.82) is 0 Å². The number of fused-ring (bicyclic) bond motifs is 1. The third-order valence-corrected chi connectivity index (χ3v) is 5.62. The highest BCUT2D eigenvalue weighted by molar-refractivity contribution is 5.67. The van der Waals surface area contributed by atoms with Crippen molar-refractivity contribution in [2.45, 2.75) is 38.7 Å². The van der Waals surface area contributed by atoms with Gasteiger partial charge < -0.3 is 20.3 Å². The number of aromatic hydroxyl groups is 1. The summed E-state index contributed by atoms with van der Waals surface area (Å²) in [7, 11) is 0. The van der Waals surface area contributed by atoms with Crippen LogP contribution in [0.3, 0.4) is 0 Å². The van der Waals surface area contributed by atoms with E-state index in [0.717, 1.165) is 24.0 Å². The second kappa shape index (κ2) is 7.79. The van der Waals surface area contributed by atoms with Crippen LogP contribution in [0.25, 0.3) is 16.9 Å². The number of hydrogen-bond acceptors (Lipinski definition) is 7. The van der Waals surface area contributed by atoms with Crippen LogP contribution in [0.15, 0.2) is 48.8 Å². The van der Waals surface area contributed by atoms with Gasteiger partial charge in [-0.3, -0.25) is 0 Å². The molecule has 5 rings (SSSR count). The molecular weight excluding hydrogens is 394 g/mol. The normalized spacial score (nSPS) is 14.2. The third-order valence-electron chi connectivity index (χ3n) is 5.62. The highest BCUT2D eigenvalue weighted by Crippen LogP contribution is 2.35. The van der Waals surface area contributed by atoms with Gasteiger partial charge in [0.15, 0.2) is 17.1 Å². The Morgan fingerprint density at radius 2 is 1.94 bits per heavy atom. The molecule has 3 N–H and O–H groups in total. The molecule has 2 aromatic carbocycles. The first-order valence-corrected chi connectivity index (χ1v) is 10.3. The fraction of sp³-hybridized carbons (Fsp3) is 0.261. The van der Waals surface area contributed by atoms with Gasteiger partial charge in [0.2, 0.25) is 0 Å². The minimum absolute atomic E-state index is 0.0849. The maximum Gasteiger partial charge on any atom is 0.325 e. The summed E-state index contributed by atoms with van der Waals surface area (Å²) in [6, 6.07) is 12.8. The summed E-state index contributed by atoms with van der Waals surface area (Å²) in [6.07, 6.45) is 5.99. The van der Waals surface area contributed by atoms with E-state index in [0.29, 0.717) is 28.5 Å². The number of nitrogens with two attached hydrogens (primary N) is 1. The highest BCUT2D eigenvalue weighted by atomic mass is 16.5. The van der Waals surface area contributed by atoms with Crippen LogP contribution in [0.5, 0.6) is 23.3 Å². The van der Waals surface area contributed by atoms with Crippen LogP contribution in [-0.4, -0.2) is 30.8 Å². The first kappa shape index (κ1) is 19.2. The zero-order valence-electron chi connectivity index (χ0n) is 17.2. The number of nitrogens with zero attached hydrogens (tertiary/aromatic N) is 4. The summed E-state index contributed by atoms with van der Waals surface area (Å²) in [5, 5.41) is 14.7. The molecule has 0 atom stereocenters. The predicted molar refractivity (Wildman–Crippen MR) is 116 cm³/mol. The van der Waals surface area contributed by atoms with Gasteiger partial charge in [-0.05, 0) is 62.9 Å². The van der Waals surface area contributed by atoms with Crippen LogP contribution in [-0.2, 0) is 0 Å². The van der Waals surface area contributed by atoms with Crippen LogP contribution < -0.4 is 15.2 Å². The third kappa shape index (κ3) is 3.72. The minimum Gasteiger partial charge on any atom is -0.504 e. The summed E-state index contributed by atoms with van der Waals surface area (Å²) in [4.78, 5) is 8.90. The van der Waals surface area contributed by atoms with Gasteiger partial charge in [0, 0.05) is 22.9 Å². The largest absolute Gasteiger partial charge is 0.504 e. The maximum atomic E-state index is 10.5. The van der Waals surface area contributed by atoms with Crippen LogP contribution in [0.4, 0.5) is 5.69 Å². The van der Waals surface area contributed by atoms with Gasteiger partial charge in [-0.15, -0.1) is 0 Å². The van der Waals surface area contributed by atoms with Gasteiger partial charge in [0.1, 0.15) is 12.1 Å². The first-order chi connectivity index (χ1) is 15.1. The van der Waals surface area contributed by atoms with Crippen molar-refractivity contribution < 1.29 is 14.6 Å². The van der Waals surface area contributed by atoms with Crippen molar-refractivity contribution in [1.82, 2.24) is 19.6 Å². The van der Waals surface area contributed by atoms with Gasteiger partial charge in [0.05, 0.1) is 11.8 Å². The number of anilines is 1. The molecule has 0 amide bonds. The number of ether oxygens (including phenoxy) is 2. The van der Waals surface area contributed by atoms with Gasteiger partial charge in [-0.1, -0.05) is 6.07 Å². The van der Waals surface area contributed by atoms with Crippen LogP contribution in [0, 0.1) is 6.92 Å². The molecule has 2 aromatic heterocycles. The summed E-state index contributed by atoms with van der Waals surface area (Å²) in [5.74, 6) is 1.16. The Morgan fingerprint density at radius 3 is 2.74 bits per heavy atom. The fourth-order valence-electron chi connectivity index (χ4n) is 3.82. The van der Waals surface area contributed by atoms with Crippen molar-refractivity contribution in [3.63, 3.8) is 0 Å². The molecule has 1 saturated carbocycles. The SMILES string of the molecule is Cc1c(N)cccc1Oc1nc(-c2ccc(OC3CCCC3)c(O)c2)cc2ncnn12. The molecule has 0 aliphatic heterocycles. The predicted octanol–water partition coefficient (Wildman–Crippen LogP) is 4.50. The zero-order chi connectivity index (χ0) is 21.4. The molecule has 158 valence electrons. The molecule has 1 fully saturated rings. The number of phenolic OH excluding ortho intramolecular Hbond substituents is 1. The number of benzene rings is 2. The van der Waals surface area contributed by atoms with E-state index in [1.165, 1.54) is 23.7 Å². The maximum absolute atomic E-state index is 10.5. The standard InChI is InChI=1S/C23H23N5O3/c1-14-17(24)7-4-8-20(14)31-23-27-18(12-22-25-13-26-28(22)23)15-9-10-21(19(29)11-15)30-16-5-2-3-6-16/h4,7-13,16,29H,2-3,5-6,24H2,1H3. The number of rotatable bonds is 5. The van der Waals surface area contributed by atoms with Crippen LogP contribution in [0.2, 0.25) is 0 Å². The molecule has 0 radical (unpaired) electrons. The summed E-state index contributed by atoms with van der Waals surface area (Å²) < 4.78 is 13.5. The lowest BCUT2D eigenvalue weighted by Gasteiger charge is -2.15. The Balaban J connectivity index is 1.50. The molecule has 1 aliphatic rings. The Labute approximate surface area is 179 Å². The lowest BCUT2D eigenvalue weighted by Crippen LogP contribution is -2.10. The number of nitrogen functional groups attached to an aromatic ring is 1. The fourth-order valence-corrected chi connectivity index (χ4v) is 3.82. The van der Waals surface area contributed by atoms with Gasteiger partial charge in [-0.2, -0.15) is 14.6 Å². The van der Waals surface area contributed by atoms with Crippen molar-refractivity contribution in [2.24, 2.45) is 0 Å².